The third-order valence-electron chi connectivity index (χ3n) is 9.42. The highest BCUT2D eigenvalue weighted by Gasteiger charge is 2.26. The molecule has 2 nitrogen and oxygen atoms in total. The minimum Gasteiger partial charge on any atom is -0.309 e. The number of rotatable bonds is 9. The SMILES string of the molecule is CCCC(C)(C)c1ccc(N(c2ccccc2)c2c3ccccc3c(N(c3ccccc3)c3ccc(C)cc3)c3ccccc23)cc1. The Morgan fingerprint density at radius 3 is 1.15 bits per heavy atom. The molecule has 7 aromatic rings. The molecule has 0 aliphatic heterocycles. The van der Waals surface area contributed by atoms with Crippen molar-refractivity contribution in [2.24, 2.45) is 0 Å². The van der Waals surface area contributed by atoms with Gasteiger partial charge in [-0.1, -0.05) is 142 Å². The van der Waals surface area contributed by atoms with Crippen LogP contribution in [0, 0.1) is 6.92 Å². The zero-order chi connectivity index (χ0) is 32.4. The standard InChI is InChI=1S/C45H42N2/c1-5-32-45(3,4)34-26-30-38(31-27-34)47(36-18-10-7-11-19-36)44-41-22-14-12-20-39(41)43(40-21-13-15-23-42(40)44)46(35-16-8-6-9-17-35)37-28-24-33(2)25-29-37/h6-31H,5,32H2,1-4H3. The Kier molecular flexibility index (Phi) is 8.26. The first-order valence-electron chi connectivity index (χ1n) is 16.8. The quantitative estimate of drug-likeness (QED) is 0.118. The van der Waals surface area contributed by atoms with Crippen molar-refractivity contribution in [3.63, 3.8) is 0 Å². The summed E-state index contributed by atoms with van der Waals surface area (Å²) in [4.78, 5) is 4.87. The molecule has 0 heterocycles. The molecule has 0 radical (unpaired) electrons. The molecule has 0 amide bonds. The van der Waals surface area contributed by atoms with Crippen LogP contribution in [0.4, 0.5) is 34.1 Å². The molecule has 7 rings (SSSR count). The number of para-hydroxylation sites is 2. The number of aryl methyl sites for hydroxylation is 1. The molecule has 0 fully saturated rings. The predicted octanol–water partition coefficient (Wildman–Crippen LogP) is 13.3. The van der Waals surface area contributed by atoms with Crippen LogP contribution in [-0.2, 0) is 5.41 Å². The first-order chi connectivity index (χ1) is 23.0. The van der Waals surface area contributed by atoms with Crippen molar-refractivity contribution in [1.29, 1.82) is 0 Å². The van der Waals surface area contributed by atoms with Gasteiger partial charge in [0, 0.05) is 44.3 Å². The smallest absolute Gasteiger partial charge is 0.0619 e. The van der Waals surface area contributed by atoms with Crippen LogP contribution in [0.5, 0.6) is 0 Å². The lowest BCUT2D eigenvalue weighted by molar-refractivity contribution is 0.473. The molecule has 0 aromatic heterocycles. The second-order valence-corrected chi connectivity index (χ2v) is 13.1. The van der Waals surface area contributed by atoms with Gasteiger partial charge >= 0.3 is 0 Å². The molecular weight excluding hydrogens is 569 g/mol. The van der Waals surface area contributed by atoms with E-state index in [1.165, 1.54) is 44.0 Å². The van der Waals surface area contributed by atoms with Crippen molar-refractivity contribution in [3.8, 4) is 0 Å². The van der Waals surface area contributed by atoms with Crippen molar-refractivity contribution in [2.45, 2.75) is 46.0 Å². The Morgan fingerprint density at radius 1 is 0.426 bits per heavy atom. The maximum atomic E-state index is 2.45. The van der Waals surface area contributed by atoms with Crippen LogP contribution < -0.4 is 9.80 Å². The molecule has 0 bridgehead atoms. The second kappa shape index (κ2) is 12.8. The van der Waals surface area contributed by atoms with Crippen molar-refractivity contribution in [1.82, 2.24) is 0 Å². The number of anilines is 6. The highest BCUT2D eigenvalue weighted by molar-refractivity contribution is 6.23. The van der Waals surface area contributed by atoms with E-state index in [1.807, 2.05) is 0 Å². The summed E-state index contributed by atoms with van der Waals surface area (Å²) in [6, 6.07) is 57.5. The van der Waals surface area contributed by atoms with Gasteiger partial charge in [-0.3, -0.25) is 0 Å². The fourth-order valence-corrected chi connectivity index (χ4v) is 7.06. The fraction of sp³-hybridized carbons (Fsp3) is 0.156. The molecule has 0 atom stereocenters. The monoisotopic (exact) mass is 610 g/mol. The number of nitrogens with zero attached hydrogens (tertiary/aromatic N) is 2. The van der Waals surface area contributed by atoms with Crippen molar-refractivity contribution in [3.05, 3.63) is 169 Å². The molecule has 232 valence electrons. The van der Waals surface area contributed by atoms with E-state index in [4.69, 9.17) is 0 Å². The van der Waals surface area contributed by atoms with Crippen LogP contribution in [0.1, 0.15) is 44.7 Å². The molecule has 0 spiro atoms. The molecule has 0 saturated heterocycles. The molecule has 47 heavy (non-hydrogen) atoms. The Labute approximate surface area is 279 Å². The maximum absolute atomic E-state index is 2.45. The normalized spacial score (nSPS) is 11.6. The summed E-state index contributed by atoms with van der Waals surface area (Å²) in [6.45, 7) is 9.12. The van der Waals surface area contributed by atoms with E-state index in [2.05, 4.69) is 195 Å². The number of hydrogen-bond acceptors (Lipinski definition) is 2. The van der Waals surface area contributed by atoms with Gasteiger partial charge in [0.1, 0.15) is 0 Å². The maximum Gasteiger partial charge on any atom is 0.0619 e. The van der Waals surface area contributed by atoms with Crippen molar-refractivity contribution in [2.75, 3.05) is 9.80 Å². The molecular formula is C45H42N2. The van der Waals surface area contributed by atoms with Gasteiger partial charge in [0.25, 0.3) is 0 Å². The van der Waals surface area contributed by atoms with Crippen LogP contribution in [0.25, 0.3) is 21.5 Å². The van der Waals surface area contributed by atoms with E-state index in [-0.39, 0.29) is 5.41 Å². The lowest BCUT2D eigenvalue weighted by Gasteiger charge is -2.33. The van der Waals surface area contributed by atoms with Gasteiger partial charge in [0.05, 0.1) is 11.4 Å². The van der Waals surface area contributed by atoms with Gasteiger partial charge < -0.3 is 9.80 Å². The van der Waals surface area contributed by atoms with Gasteiger partial charge in [0.2, 0.25) is 0 Å². The number of fused-ring (bicyclic) bond motifs is 2. The highest BCUT2D eigenvalue weighted by Crippen LogP contribution is 2.51. The molecule has 2 heteroatoms. The average Bonchev–Trinajstić information content (AvgIpc) is 3.11. The Bertz CT molecular complexity index is 2060. The molecule has 0 aliphatic rings. The van der Waals surface area contributed by atoms with Crippen molar-refractivity contribution < 1.29 is 0 Å². The number of benzene rings is 7. The van der Waals surface area contributed by atoms with E-state index < -0.39 is 0 Å². The molecule has 7 aromatic carbocycles. The van der Waals surface area contributed by atoms with Crippen LogP contribution >= 0.6 is 0 Å². The van der Waals surface area contributed by atoms with E-state index in [1.54, 1.807) is 0 Å². The number of hydrogen-bond donors (Lipinski definition) is 0. The molecule has 0 saturated carbocycles. The summed E-state index contributed by atoms with van der Waals surface area (Å²) in [6.07, 6.45) is 2.32. The molecule has 0 aliphatic carbocycles. The van der Waals surface area contributed by atoms with Crippen LogP contribution in [0.15, 0.2) is 158 Å². The average molecular weight is 611 g/mol. The van der Waals surface area contributed by atoms with E-state index in [9.17, 15) is 0 Å². The summed E-state index contributed by atoms with van der Waals surface area (Å²) >= 11 is 0. The summed E-state index contributed by atoms with van der Waals surface area (Å²) in [5, 5.41) is 4.81. The third kappa shape index (κ3) is 5.77. The Hall–Kier alpha value is -5.34. The van der Waals surface area contributed by atoms with Crippen LogP contribution in [0.3, 0.4) is 0 Å². The zero-order valence-electron chi connectivity index (χ0n) is 27.8. The predicted molar refractivity (Wildman–Crippen MR) is 203 cm³/mol. The summed E-state index contributed by atoms with van der Waals surface area (Å²) in [5.41, 5.74) is 9.65. The summed E-state index contributed by atoms with van der Waals surface area (Å²) < 4.78 is 0. The lowest BCUT2D eigenvalue weighted by atomic mass is 9.81. The summed E-state index contributed by atoms with van der Waals surface area (Å²) in [5.74, 6) is 0. The van der Waals surface area contributed by atoms with Gasteiger partial charge in [-0.15, -0.1) is 0 Å². The van der Waals surface area contributed by atoms with Gasteiger partial charge in [-0.2, -0.15) is 0 Å². The summed E-state index contributed by atoms with van der Waals surface area (Å²) in [7, 11) is 0. The van der Waals surface area contributed by atoms with Crippen molar-refractivity contribution >= 4 is 55.7 Å². The van der Waals surface area contributed by atoms with Gasteiger partial charge in [0.15, 0.2) is 0 Å². The fourth-order valence-electron chi connectivity index (χ4n) is 7.06. The molecule has 0 unspecified atom stereocenters. The lowest BCUT2D eigenvalue weighted by Crippen LogP contribution is -2.17. The first kappa shape index (κ1) is 30.3. The minimum absolute atomic E-state index is 0.128. The first-order valence-corrected chi connectivity index (χ1v) is 16.8. The van der Waals surface area contributed by atoms with Crippen LogP contribution in [0.2, 0.25) is 0 Å². The Morgan fingerprint density at radius 2 is 0.766 bits per heavy atom. The minimum atomic E-state index is 0.128. The largest absolute Gasteiger partial charge is 0.309 e. The highest BCUT2D eigenvalue weighted by atomic mass is 15.2. The van der Waals surface area contributed by atoms with E-state index in [0.717, 1.165) is 35.6 Å². The van der Waals surface area contributed by atoms with Crippen LogP contribution in [-0.4, -0.2) is 0 Å². The third-order valence-corrected chi connectivity index (χ3v) is 9.42. The topological polar surface area (TPSA) is 6.48 Å². The molecule has 0 N–H and O–H groups in total. The second-order valence-electron chi connectivity index (χ2n) is 13.1. The zero-order valence-corrected chi connectivity index (χ0v) is 27.8. The van der Waals surface area contributed by atoms with E-state index >= 15 is 0 Å². The van der Waals surface area contributed by atoms with Gasteiger partial charge in [-0.25, -0.2) is 0 Å². The van der Waals surface area contributed by atoms with E-state index in [0.29, 0.717) is 0 Å². The van der Waals surface area contributed by atoms with Gasteiger partial charge in [-0.05, 0) is 72.9 Å². The Balaban J connectivity index is 1.54.